The molecule has 2 N–H and O–H groups in total. The molecular weight excluding hydrogens is 299 g/mol. The van der Waals surface area contributed by atoms with E-state index in [1.807, 2.05) is 17.5 Å². The zero-order valence-electron chi connectivity index (χ0n) is 10.7. The maximum absolute atomic E-state index is 6.09. The SMILES string of the molecule is CC1(C)[C@H](c2cc(Cl)cc(Cl)c2)[C@H]1c1csc(N)n1. The molecule has 0 saturated heterocycles. The van der Waals surface area contributed by atoms with E-state index in [0.717, 1.165) is 5.69 Å². The third kappa shape index (κ3) is 2.24. The number of anilines is 1. The van der Waals surface area contributed by atoms with Crippen LogP contribution in [0.5, 0.6) is 0 Å². The van der Waals surface area contributed by atoms with Crippen LogP contribution in [0.1, 0.15) is 36.9 Å². The molecule has 1 aromatic heterocycles. The third-order valence-corrected chi connectivity index (χ3v) is 5.06. The fraction of sp³-hybridized carbons (Fsp3) is 0.357. The lowest BCUT2D eigenvalue weighted by molar-refractivity contribution is 0.599. The van der Waals surface area contributed by atoms with Crippen LogP contribution in [-0.4, -0.2) is 4.98 Å². The minimum atomic E-state index is 0.161. The average molecular weight is 313 g/mol. The van der Waals surface area contributed by atoms with Crippen LogP contribution >= 0.6 is 34.5 Å². The number of nitrogens with zero attached hydrogens (tertiary/aromatic N) is 1. The van der Waals surface area contributed by atoms with Gasteiger partial charge in [-0.25, -0.2) is 4.98 Å². The molecule has 100 valence electrons. The quantitative estimate of drug-likeness (QED) is 0.853. The zero-order valence-corrected chi connectivity index (χ0v) is 13.0. The Labute approximate surface area is 126 Å². The smallest absolute Gasteiger partial charge is 0.180 e. The van der Waals surface area contributed by atoms with Gasteiger partial charge in [0.1, 0.15) is 0 Å². The van der Waals surface area contributed by atoms with Gasteiger partial charge in [-0.1, -0.05) is 37.0 Å². The minimum absolute atomic E-state index is 0.161. The third-order valence-electron chi connectivity index (χ3n) is 3.93. The average Bonchev–Trinajstić information content (AvgIpc) is 2.63. The van der Waals surface area contributed by atoms with Gasteiger partial charge >= 0.3 is 0 Å². The van der Waals surface area contributed by atoms with E-state index < -0.39 is 0 Å². The summed E-state index contributed by atoms with van der Waals surface area (Å²) in [6.07, 6.45) is 0. The number of aromatic nitrogens is 1. The van der Waals surface area contributed by atoms with E-state index in [1.165, 1.54) is 16.9 Å². The Morgan fingerprint density at radius 2 is 1.79 bits per heavy atom. The highest BCUT2D eigenvalue weighted by Crippen LogP contribution is 2.70. The van der Waals surface area contributed by atoms with Gasteiger partial charge in [-0.3, -0.25) is 0 Å². The van der Waals surface area contributed by atoms with Crippen molar-refractivity contribution in [2.45, 2.75) is 25.7 Å². The van der Waals surface area contributed by atoms with Crippen LogP contribution in [-0.2, 0) is 0 Å². The Balaban J connectivity index is 1.98. The normalized spacial score (nSPS) is 24.4. The van der Waals surface area contributed by atoms with Crippen LogP contribution in [0.2, 0.25) is 10.0 Å². The Kier molecular flexibility index (Phi) is 3.04. The van der Waals surface area contributed by atoms with E-state index in [-0.39, 0.29) is 5.41 Å². The van der Waals surface area contributed by atoms with Gasteiger partial charge < -0.3 is 5.73 Å². The number of nitrogen functional groups attached to an aromatic ring is 1. The topological polar surface area (TPSA) is 38.9 Å². The molecule has 0 spiro atoms. The van der Waals surface area contributed by atoms with E-state index >= 15 is 0 Å². The van der Waals surface area contributed by atoms with Crippen molar-refractivity contribution >= 4 is 39.7 Å². The molecule has 1 heterocycles. The van der Waals surface area contributed by atoms with Crippen LogP contribution < -0.4 is 5.73 Å². The molecule has 19 heavy (non-hydrogen) atoms. The van der Waals surface area contributed by atoms with Crippen molar-refractivity contribution in [3.8, 4) is 0 Å². The molecule has 0 radical (unpaired) electrons. The highest BCUT2D eigenvalue weighted by Gasteiger charge is 2.60. The van der Waals surface area contributed by atoms with Crippen molar-refractivity contribution in [3.05, 3.63) is 44.9 Å². The summed E-state index contributed by atoms with van der Waals surface area (Å²) in [5, 5.41) is 4.04. The molecule has 1 fully saturated rings. The predicted octanol–water partition coefficient (Wildman–Crippen LogP) is 4.94. The van der Waals surface area contributed by atoms with E-state index in [4.69, 9.17) is 28.9 Å². The first-order valence-corrected chi connectivity index (χ1v) is 7.70. The fourth-order valence-electron chi connectivity index (χ4n) is 3.01. The molecule has 2 nitrogen and oxygen atoms in total. The molecular formula is C14H14Cl2N2S. The van der Waals surface area contributed by atoms with Gasteiger partial charge in [0, 0.05) is 21.3 Å². The summed E-state index contributed by atoms with van der Waals surface area (Å²) in [5.41, 5.74) is 8.15. The number of thiazole rings is 1. The summed E-state index contributed by atoms with van der Waals surface area (Å²) in [4.78, 5) is 4.42. The van der Waals surface area contributed by atoms with Crippen LogP contribution in [0.15, 0.2) is 23.6 Å². The van der Waals surface area contributed by atoms with Gasteiger partial charge in [0.05, 0.1) is 5.69 Å². The summed E-state index contributed by atoms with van der Waals surface area (Å²) in [6, 6.07) is 5.75. The van der Waals surface area contributed by atoms with Crippen LogP contribution in [0.4, 0.5) is 5.13 Å². The van der Waals surface area contributed by atoms with E-state index in [1.54, 1.807) is 6.07 Å². The molecule has 0 bridgehead atoms. The number of hydrogen-bond donors (Lipinski definition) is 1. The summed E-state index contributed by atoms with van der Waals surface area (Å²) in [7, 11) is 0. The van der Waals surface area contributed by atoms with Crippen molar-refractivity contribution in [3.63, 3.8) is 0 Å². The Hall–Kier alpha value is -0.770. The van der Waals surface area contributed by atoms with Crippen molar-refractivity contribution in [1.82, 2.24) is 4.98 Å². The first-order chi connectivity index (χ1) is 8.89. The molecule has 5 heteroatoms. The molecule has 1 saturated carbocycles. The summed E-state index contributed by atoms with van der Waals surface area (Å²) >= 11 is 13.7. The minimum Gasteiger partial charge on any atom is -0.375 e. The highest BCUT2D eigenvalue weighted by molar-refractivity contribution is 7.13. The lowest BCUT2D eigenvalue weighted by Crippen LogP contribution is -1.91. The van der Waals surface area contributed by atoms with Gasteiger partial charge in [0.2, 0.25) is 0 Å². The maximum atomic E-state index is 6.09. The molecule has 0 aliphatic heterocycles. The second-order valence-electron chi connectivity index (χ2n) is 5.59. The van der Waals surface area contributed by atoms with Crippen molar-refractivity contribution in [2.75, 3.05) is 5.73 Å². The monoisotopic (exact) mass is 312 g/mol. The van der Waals surface area contributed by atoms with Gasteiger partial charge in [0.25, 0.3) is 0 Å². The zero-order chi connectivity index (χ0) is 13.8. The number of rotatable bonds is 2. The second kappa shape index (κ2) is 4.37. The largest absolute Gasteiger partial charge is 0.375 e. The van der Waals surface area contributed by atoms with Gasteiger partial charge in [-0.15, -0.1) is 11.3 Å². The molecule has 3 rings (SSSR count). The molecule has 2 atom stereocenters. The highest BCUT2D eigenvalue weighted by atomic mass is 35.5. The van der Waals surface area contributed by atoms with Crippen molar-refractivity contribution in [2.24, 2.45) is 5.41 Å². The van der Waals surface area contributed by atoms with Gasteiger partial charge in [0.15, 0.2) is 5.13 Å². The van der Waals surface area contributed by atoms with Gasteiger partial charge in [-0.2, -0.15) is 0 Å². The molecule has 1 aromatic carbocycles. The Bertz CT molecular complexity index is 616. The predicted molar refractivity (Wildman–Crippen MR) is 82.3 cm³/mol. The van der Waals surface area contributed by atoms with E-state index in [2.05, 4.69) is 18.8 Å². The maximum Gasteiger partial charge on any atom is 0.180 e. The number of benzene rings is 1. The molecule has 0 amide bonds. The lowest BCUT2D eigenvalue weighted by Gasteiger charge is -2.04. The molecule has 2 aromatic rings. The number of nitrogens with two attached hydrogens (primary N) is 1. The molecule has 1 aliphatic carbocycles. The summed E-state index contributed by atoms with van der Waals surface area (Å²) in [5.74, 6) is 0.779. The second-order valence-corrected chi connectivity index (χ2v) is 7.35. The molecule has 1 aliphatic rings. The van der Waals surface area contributed by atoms with Crippen LogP contribution in [0.3, 0.4) is 0 Å². The lowest BCUT2D eigenvalue weighted by atomic mass is 10.0. The van der Waals surface area contributed by atoms with Crippen LogP contribution in [0.25, 0.3) is 0 Å². The van der Waals surface area contributed by atoms with E-state index in [0.29, 0.717) is 27.0 Å². The first-order valence-electron chi connectivity index (χ1n) is 6.06. The van der Waals surface area contributed by atoms with E-state index in [9.17, 15) is 0 Å². The Morgan fingerprint density at radius 3 is 2.32 bits per heavy atom. The van der Waals surface area contributed by atoms with Gasteiger partial charge in [-0.05, 0) is 35.1 Å². The summed E-state index contributed by atoms with van der Waals surface area (Å²) in [6.45, 7) is 4.49. The van der Waals surface area contributed by atoms with Crippen LogP contribution in [0, 0.1) is 5.41 Å². The van der Waals surface area contributed by atoms with Crippen molar-refractivity contribution < 1.29 is 0 Å². The standard InChI is InChI=1S/C14H14Cl2N2S/c1-14(2)11(7-3-8(15)5-9(16)4-7)12(14)10-6-19-13(17)18-10/h3-6,11-12H,1-2H3,(H2,17,18)/t11-,12-/m1/s1. The van der Waals surface area contributed by atoms with Crippen molar-refractivity contribution in [1.29, 1.82) is 0 Å². The molecule has 0 unspecified atom stereocenters. The first kappa shape index (κ1) is 13.2. The summed E-state index contributed by atoms with van der Waals surface area (Å²) < 4.78 is 0. The Morgan fingerprint density at radius 1 is 1.16 bits per heavy atom. The number of hydrogen-bond acceptors (Lipinski definition) is 3. The number of halogens is 2. The fourth-order valence-corrected chi connectivity index (χ4v) is 4.15.